The maximum absolute atomic E-state index is 12.0. The van der Waals surface area contributed by atoms with Crippen LogP contribution in [0.2, 0.25) is 0 Å². The first-order valence-corrected chi connectivity index (χ1v) is 10.0. The van der Waals surface area contributed by atoms with Crippen LogP contribution in [0.4, 0.5) is 5.95 Å². The molecule has 0 bridgehead atoms. The van der Waals surface area contributed by atoms with Crippen molar-refractivity contribution in [2.75, 3.05) is 25.6 Å². The van der Waals surface area contributed by atoms with Crippen LogP contribution >= 0.6 is 7.82 Å². The zero-order valence-electron chi connectivity index (χ0n) is 15.0. The third kappa shape index (κ3) is 4.82. The van der Waals surface area contributed by atoms with E-state index < -0.39 is 44.3 Å². The van der Waals surface area contributed by atoms with Gasteiger partial charge >= 0.3 is 7.82 Å². The quantitative estimate of drug-likeness (QED) is 0.191. The summed E-state index contributed by atoms with van der Waals surface area (Å²) in [5, 5.41) is 10.8. The van der Waals surface area contributed by atoms with E-state index in [-0.39, 0.29) is 36.7 Å². The molecule has 0 unspecified atom stereocenters. The zero-order chi connectivity index (χ0) is 21.2. The van der Waals surface area contributed by atoms with Crippen molar-refractivity contribution in [3.05, 3.63) is 16.7 Å². The fourth-order valence-electron chi connectivity index (χ4n) is 3.19. The number of aliphatic hydroxyl groups is 1. The number of ether oxygens (including phenoxy) is 2. The van der Waals surface area contributed by atoms with Crippen molar-refractivity contribution in [2.45, 2.75) is 24.9 Å². The standard InChI is InChI=1S/C15H20N5O8P/c1-2-4-26-5-3-8-9(6-27-29(23,24)25)28-14(11(8)21)20-7-17-10-12(20)18-15(16)19-13(10)22/h1,7-9,11,14,21H,3-6H2,(H2,23,24,25)(H3,16,18,19,22)/t8-,9-,11-,14-/m1/s1. The van der Waals surface area contributed by atoms with E-state index >= 15 is 0 Å². The number of H-pyrrole nitrogens is 1. The molecule has 2 aromatic rings. The Bertz CT molecular complexity index is 1010. The molecule has 3 rings (SSSR count). The van der Waals surface area contributed by atoms with Gasteiger partial charge in [0.1, 0.15) is 12.7 Å². The minimum atomic E-state index is -4.75. The monoisotopic (exact) mass is 429 g/mol. The van der Waals surface area contributed by atoms with Crippen molar-refractivity contribution in [2.24, 2.45) is 5.92 Å². The predicted molar refractivity (Wildman–Crippen MR) is 98.2 cm³/mol. The summed E-state index contributed by atoms with van der Waals surface area (Å²) in [4.78, 5) is 40.2. The number of nitrogens with one attached hydrogen (secondary N) is 1. The lowest BCUT2D eigenvalue weighted by atomic mass is 9.95. The average molecular weight is 429 g/mol. The van der Waals surface area contributed by atoms with Gasteiger partial charge in [-0.15, -0.1) is 6.42 Å². The Morgan fingerprint density at radius 1 is 1.48 bits per heavy atom. The molecule has 0 radical (unpaired) electrons. The molecular weight excluding hydrogens is 409 g/mol. The van der Waals surface area contributed by atoms with Crippen LogP contribution in [-0.2, 0) is 18.6 Å². The van der Waals surface area contributed by atoms with Crippen LogP contribution in [0.3, 0.4) is 0 Å². The van der Waals surface area contributed by atoms with Gasteiger partial charge in [-0.3, -0.25) is 18.9 Å². The highest BCUT2D eigenvalue weighted by atomic mass is 31.2. The number of imidazole rings is 1. The number of hydrogen-bond donors (Lipinski definition) is 5. The topological polar surface area (TPSA) is 195 Å². The number of aromatic nitrogens is 4. The van der Waals surface area contributed by atoms with Gasteiger partial charge in [0.25, 0.3) is 5.56 Å². The molecule has 0 aliphatic carbocycles. The lowest BCUT2D eigenvalue weighted by Gasteiger charge is -2.20. The van der Waals surface area contributed by atoms with Gasteiger partial charge in [0.2, 0.25) is 5.95 Å². The summed E-state index contributed by atoms with van der Waals surface area (Å²) in [5.74, 6) is 1.56. The lowest BCUT2D eigenvalue weighted by molar-refractivity contribution is -0.0488. The molecule has 1 fully saturated rings. The van der Waals surface area contributed by atoms with Crippen LogP contribution in [0.25, 0.3) is 11.2 Å². The summed E-state index contributed by atoms with van der Waals surface area (Å²) < 4.78 is 28.0. The molecule has 6 N–H and O–H groups in total. The van der Waals surface area contributed by atoms with Crippen LogP contribution < -0.4 is 11.3 Å². The van der Waals surface area contributed by atoms with Gasteiger partial charge < -0.3 is 30.1 Å². The molecule has 13 nitrogen and oxygen atoms in total. The van der Waals surface area contributed by atoms with E-state index in [0.29, 0.717) is 0 Å². The zero-order valence-corrected chi connectivity index (χ0v) is 15.9. The number of phosphoric acid groups is 1. The first-order chi connectivity index (χ1) is 13.7. The first-order valence-electron chi connectivity index (χ1n) is 8.48. The number of rotatable bonds is 8. The molecule has 3 heterocycles. The number of hydrogen-bond acceptors (Lipinski definition) is 9. The molecule has 4 atom stereocenters. The Hall–Kier alpha value is -2.30. The summed E-state index contributed by atoms with van der Waals surface area (Å²) in [6.45, 7) is -0.209. The Morgan fingerprint density at radius 3 is 2.93 bits per heavy atom. The third-order valence-electron chi connectivity index (χ3n) is 4.44. The van der Waals surface area contributed by atoms with Gasteiger partial charge in [-0.25, -0.2) is 9.55 Å². The molecule has 29 heavy (non-hydrogen) atoms. The number of fused-ring (bicyclic) bond motifs is 1. The second-order valence-corrected chi connectivity index (χ2v) is 7.57. The number of phosphoric ester groups is 1. The number of aromatic amines is 1. The van der Waals surface area contributed by atoms with E-state index in [1.54, 1.807) is 0 Å². The van der Waals surface area contributed by atoms with E-state index in [9.17, 15) is 14.5 Å². The van der Waals surface area contributed by atoms with Crippen molar-refractivity contribution in [1.29, 1.82) is 0 Å². The second kappa shape index (κ2) is 8.60. The summed E-state index contributed by atoms with van der Waals surface area (Å²) >= 11 is 0. The summed E-state index contributed by atoms with van der Waals surface area (Å²) in [7, 11) is -4.75. The molecule has 0 amide bonds. The maximum Gasteiger partial charge on any atom is 0.469 e. The van der Waals surface area contributed by atoms with E-state index in [1.807, 2.05) is 0 Å². The molecule has 14 heteroatoms. The summed E-state index contributed by atoms with van der Waals surface area (Å²) in [6, 6.07) is 0. The second-order valence-electron chi connectivity index (χ2n) is 6.33. The fourth-order valence-corrected chi connectivity index (χ4v) is 3.53. The van der Waals surface area contributed by atoms with Gasteiger partial charge in [-0.2, -0.15) is 4.98 Å². The highest BCUT2D eigenvalue weighted by Gasteiger charge is 2.45. The number of anilines is 1. The van der Waals surface area contributed by atoms with Gasteiger partial charge in [0, 0.05) is 12.5 Å². The minimum Gasteiger partial charge on any atom is -0.388 e. The average Bonchev–Trinajstić information content (AvgIpc) is 3.18. The number of aliphatic hydroxyl groups excluding tert-OH is 1. The van der Waals surface area contributed by atoms with Gasteiger partial charge in [0.05, 0.1) is 19.0 Å². The van der Waals surface area contributed by atoms with Gasteiger partial charge in [-0.1, -0.05) is 5.92 Å². The maximum atomic E-state index is 12.0. The van der Waals surface area contributed by atoms with E-state index in [2.05, 4.69) is 25.4 Å². The third-order valence-corrected chi connectivity index (χ3v) is 4.92. The van der Waals surface area contributed by atoms with Crippen molar-refractivity contribution < 1.29 is 33.5 Å². The number of terminal acetylenes is 1. The van der Waals surface area contributed by atoms with E-state index in [0.717, 1.165) is 0 Å². The minimum absolute atomic E-state index is 0.00109. The fraction of sp³-hybridized carbons (Fsp3) is 0.533. The molecule has 0 saturated carbocycles. The molecule has 158 valence electrons. The van der Waals surface area contributed by atoms with Crippen LogP contribution in [0.15, 0.2) is 11.1 Å². The molecular formula is C15H20N5O8P. The van der Waals surface area contributed by atoms with Crippen molar-refractivity contribution >= 4 is 24.9 Å². The molecule has 1 aliphatic rings. The van der Waals surface area contributed by atoms with Gasteiger partial charge in [0.15, 0.2) is 17.4 Å². The van der Waals surface area contributed by atoms with Crippen LogP contribution in [0.1, 0.15) is 12.6 Å². The predicted octanol–water partition coefficient (Wildman–Crippen LogP) is -1.27. The van der Waals surface area contributed by atoms with Crippen LogP contribution in [-0.4, -0.2) is 66.4 Å². The molecule has 1 aliphatic heterocycles. The largest absolute Gasteiger partial charge is 0.469 e. The highest BCUT2D eigenvalue weighted by molar-refractivity contribution is 7.46. The van der Waals surface area contributed by atoms with Crippen molar-refractivity contribution in [1.82, 2.24) is 19.5 Å². The smallest absolute Gasteiger partial charge is 0.388 e. The SMILES string of the molecule is C#CCOCC[C@H]1[C@@H](O)[C@H](n2cnc3c(=O)[nH]c(N)nc32)O[C@@H]1COP(=O)(O)O. The van der Waals surface area contributed by atoms with Crippen LogP contribution in [0, 0.1) is 18.3 Å². The summed E-state index contributed by atoms with van der Waals surface area (Å²) in [6.07, 6.45) is 3.59. The number of nitrogen functional groups attached to an aromatic ring is 1. The number of nitrogens with two attached hydrogens (primary N) is 1. The Labute approximate surface area is 164 Å². The Balaban J connectivity index is 1.87. The normalized spacial score (nSPS) is 24.8. The Morgan fingerprint density at radius 2 is 2.24 bits per heavy atom. The van der Waals surface area contributed by atoms with Gasteiger partial charge in [-0.05, 0) is 6.42 Å². The first kappa shape index (κ1) is 21.4. The van der Waals surface area contributed by atoms with Crippen molar-refractivity contribution in [3.63, 3.8) is 0 Å². The highest BCUT2D eigenvalue weighted by Crippen LogP contribution is 2.41. The van der Waals surface area contributed by atoms with Crippen LogP contribution in [0.5, 0.6) is 0 Å². The van der Waals surface area contributed by atoms with E-state index in [1.165, 1.54) is 10.9 Å². The van der Waals surface area contributed by atoms with Crippen molar-refractivity contribution in [3.8, 4) is 12.3 Å². The lowest BCUT2D eigenvalue weighted by Crippen LogP contribution is -2.29. The Kier molecular flexibility index (Phi) is 6.35. The molecule has 1 saturated heterocycles. The number of nitrogens with zero attached hydrogens (tertiary/aromatic N) is 3. The molecule has 2 aromatic heterocycles. The molecule has 0 spiro atoms. The molecule has 0 aromatic carbocycles. The van der Waals surface area contributed by atoms with E-state index in [4.69, 9.17) is 31.4 Å². The summed E-state index contributed by atoms with van der Waals surface area (Å²) in [5.41, 5.74) is 5.11.